The molecule has 0 aromatic heterocycles. The number of carbonyl (C=O) groups excluding carboxylic acids is 1. The van der Waals surface area contributed by atoms with Gasteiger partial charge in [-0.05, 0) is 35.2 Å². The fourth-order valence-electron chi connectivity index (χ4n) is 3.42. The third-order valence-corrected chi connectivity index (χ3v) is 4.96. The molecule has 0 unspecified atom stereocenters. The van der Waals surface area contributed by atoms with Crippen LogP contribution in [0.3, 0.4) is 0 Å². The van der Waals surface area contributed by atoms with Crippen LogP contribution in [0.5, 0.6) is 5.75 Å². The molecular weight excluding hydrogens is 386 g/mol. The fourth-order valence-corrected chi connectivity index (χ4v) is 3.42. The average Bonchev–Trinajstić information content (AvgIpc) is 2.79. The van der Waals surface area contributed by atoms with Crippen molar-refractivity contribution in [3.05, 3.63) is 101 Å². The molecule has 1 amide bonds. The second-order valence-corrected chi connectivity index (χ2v) is 8.07. The molecule has 0 saturated heterocycles. The summed E-state index contributed by atoms with van der Waals surface area (Å²) in [6.45, 7) is 6.39. The van der Waals surface area contributed by atoms with E-state index in [0.29, 0.717) is 37.8 Å². The molecule has 0 aliphatic carbocycles. The first-order valence-corrected chi connectivity index (χ1v) is 10.7. The van der Waals surface area contributed by atoms with Gasteiger partial charge in [-0.1, -0.05) is 74.5 Å². The maximum Gasteiger partial charge on any atom is 0.254 e. The maximum absolute atomic E-state index is 13.5. The topological polar surface area (TPSA) is 38.8 Å². The van der Waals surface area contributed by atoms with Gasteiger partial charge in [0.25, 0.3) is 5.91 Å². The van der Waals surface area contributed by atoms with Gasteiger partial charge >= 0.3 is 0 Å². The van der Waals surface area contributed by atoms with E-state index in [1.54, 1.807) is 7.11 Å². The highest BCUT2D eigenvalue weighted by molar-refractivity contribution is 5.94. The summed E-state index contributed by atoms with van der Waals surface area (Å²) in [5.41, 5.74) is 3.71. The maximum atomic E-state index is 13.5. The van der Waals surface area contributed by atoms with E-state index >= 15 is 0 Å². The first-order chi connectivity index (χ1) is 15.1. The average molecular weight is 418 g/mol. The number of methoxy groups -OCH3 is 1. The van der Waals surface area contributed by atoms with Gasteiger partial charge in [0.15, 0.2) is 0 Å². The Morgan fingerprint density at radius 2 is 1.45 bits per heavy atom. The lowest BCUT2D eigenvalue weighted by Gasteiger charge is -2.24. The van der Waals surface area contributed by atoms with Crippen LogP contribution >= 0.6 is 0 Å². The van der Waals surface area contributed by atoms with Gasteiger partial charge in [-0.15, -0.1) is 0 Å². The Bertz CT molecular complexity index is 913. The summed E-state index contributed by atoms with van der Waals surface area (Å²) in [6, 6.07) is 25.7. The second-order valence-electron chi connectivity index (χ2n) is 8.07. The van der Waals surface area contributed by atoms with Crippen LogP contribution in [0, 0.1) is 5.92 Å². The molecule has 0 spiro atoms. The van der Waals surface area contributed by atoms with Crippen LogP contribution in [-0.4, -0.2) is 24.5 Å². The molecule has 31 heavy (non-hydrogen) atoms. The number of rotatable bonds is 10. The molecule has 0 aliphatic heterocycles. The molecule has 4 nitrogen and oxygen atoms in total. The standard InChI is InChI=1S/C27H31NO3/c1-21(2)19-31-20-25-16-24(14-15-26(25)30-3)27(29)28(17-22-10-6-4-7-11-22)18-23-12-8-5-9-13-23/h4-16,21H,17-20H2,1-3H3. The summed E-state index contributed by atoms with van der Waals surface area (Å²) in [6.07, 6.45) is 0. The van der Waals surface area contributed by atoms with Gasteiger partial charge < -0.3 is 14.4 Å². The van der Waals surface area contributed by atoms with E-state index in [1.165, 1.54) is 0 Å². The van der Waals surface area contributed by atoms with Gasteiger partial charge in [0.2, 0.25) is 0 Å². The molecule has 0 aliphatic rings. The molecule has 4 heteroatoms. The Balaban J connectivity index is 1.85. The monoisotopic (exact) mass is 417 g/mol. The van der Waals surface area contributed by atoms with Crippen LogP contribution in [0.25, 0.3) is 0 Å². The molecule has 3 aromatic rings. The van der Waals surface area contributed by atoms with Crippen LogP contribution in [0.15, 0.2) is 78.9 Å². The summed E-state index contributed by atoms with van der Waals surface area (Å²) >= 11 is 0. The molecule has 3 aromatic carbocycles. The van der Waals surface area contributed by atoms with Crippen molar-refractivity contribution in [1.82, 2.24) is 4.90 Å². The molecule has 162 valence electrons. The highest BCUT2D eigenvalue weighted by atomic mass is 16.5. The minimum Gasteiger partial charge on any atom is -0.496 e. The molecule has 0 N–H and O–H groups in total. The van der Waals surface area contributed by atoms with Crippen molar-refractivity contribution in [1.29, 1.82) is 0 Å². The molecule has 0 heterocycles. The number of amides is 1. The van der Waals surface area contributed by atoms with Gasteiger partial charge in [0, 0.05) is 30.8 Å². The van der Waals surface area contributed by atoms with Crippen molar-refractivity contribution in [2.24, 2.45) is 5.92 Å². The van der Waals surface area contributed by atoms with Gasteiger partial charge in [-0.25, -0.2) is 0 Å². The quantitative estimate of drug-likeness (QED) is 0.424. The van der Waals surface area contributed by atoms with Crippen LogP contribution in [0.2, 0.25) is 0 Å². The van der Waals surface area contributed by atoms with Crippen LogP contribution in [-0.2, 0) is 24.4 Å². The number of hydrogen-bond acceptors (Lipinski definition) is 3. The second kappa shape index (κ2) is 11.3. The molecule has 0 radical (unpaired) electrons. The molecule has 0 saturated carbocycles. The Hall–Kier alpha value is -3.11. The van der Waals surface area contributed by atoms with Crippen LogP contribution in [0.1, 0.15) is 40.9 Å². The Labute approximate surface area is 185 Å². The first-order valence-electron chi connectivity index (χ1n) is 10.7. The highest BCUT2D eigenvalue weighted by Crippen LogP contribution is 2.23. The fraction of sp³-hybridized carbons (Fsp3) is 0.296. The van der Waals surface area contributed by atoms with Crippen molar-refractivity contribution in [2.45, 2.75) is 33.5 Å². The van der Waals surface area contributed by atoms with E-state index in [1.807, 2.05) is 83.8 Å². The summed E-state index contributed by atoms with van der Waals surface area (Å²) < 4.78 is 11.3. The van der Waals surface area contributed by atoms with E-state index in [2.05, 4.69) is 13.8 Å². The largest absolute Gasteiger partial charge is 0.496 e. The highest BCUT2D eigenvalue weighted by Gasteiger charge is 2.18. The molecule has 0 atom stereocenters. The van der Waals surface area contributed by atoms with Crippen molar-refractivity contribution < 1.29 is 14.3 Å². The van der Waals surface area contributed by atoms with E-state index in [4.69, 9.17) is 9.47 Å². The van der Waals surface area contributed by atoms with Gasteiger partial charge in [0.1, 0.15) is 5.75 Å². The van der Waals surface area contributed by atoms with E-state index in [9.17, 15) is 4.79 Å². The number of hydrogen-bond donors (Lipinski definition) is 0. The summed E-state index contributed by atoms with van der Waals surface area (Å²) in [5.74, 6) is 1.17. The zero-order chi connectivity index (χ0) is 22.1. The molecule has 3 rings (SSSR count). The lowest BCUT2D eigenvalue weighted by Crippen LogP contribution is -2.30. The predicted octanol–water partition coefficient (Wildman–Crippen LogP) is 5.71. The van der Waals surface area contributed by atoms with Gasteiger partial charge in [-0.2, -0.15) is 0 Å². The number of nitrogens with zero attached hydrogens (tertiary/aromatic N) is 1. The van der Waals surface area contributed by atoms with E-state index in [-0.39, 0.29) is 5.91 Å². The van der Waals surface area contributed by atoms with Gasteiger partial charge in [-0.3, -0.25) is 4.79 Å². The lowest BCUT2D eigenvalue weighted by atomic mass is 10.1. The minimum atomic E-state index is -0.0135. The van der Waals surface area contributed by atoms with Crippen LogP contribution < -0.4 is 4.74 Å². The number of ether oxygens (including phenoxy) is 2. The van der Waals surface area contributed by atoms with E-state index < -0.39 is 0 Å². The first kappa shape index (κ1) is 22.6. The van der Waals surface area contributed by atoms with Crippen LogP contribution in [0.4, 0.5) is 0 Å². The number of benzene rings is 3. The smallest absolute Gasteiger partial charge is 0.254 e. The predicted molar refractivity (Wildman–Crippen MR) is 124 cm³/mol. The summed E-state index contributed by atoms with van der Waals surface area (Å²) in [7, 11) is 1.64. The van der Waals surface area contributed by atoms with E-state index in [0.717, 1.165) is 22.4 Å². The van der Waals surface area contributed by atoms with Crippen molar-refractivity contribution in [3.63, 3.8) is 0 Å². The van der Waals surface area contributed by atoms with Crippen molar-refractivity contribution in [3.8, 4) is 5.75 Å². The minimum absolute atomic E-state index is 0.0135. The SMILES string of the molecule is COc1ccc(C(=O)N(Cc2ccccc2)Cc2ccccc2)cc1COCC(C)C. The summed E-state index contributed by atoms with van der Waals surface area (Å²) in [5, 5.41) is 0. The van der Waals surface area contributed by atoms with Crippen molar-refractivity contribution >= 4 is 5.91 Å². The third kappa shape index (κ3) is 6.69. The molecule has 0 fully saturated rings. The zero-order valence-corrected chi connectivity index (χ0v) is 18.6. The Morgan fingerprint density at radius 3 is 1.97 bits per heavy atom. The third-order valence-electron chi connectivity index (χ3n) is 4.96. The van der Waals surface area contributed by atoms with Crippen molar-refractivity contribution in [2.75, 3.05) is 13.7 Å². The molecular formula is C27H31NO3. The Morgan fingerprint density at radius 1 is 0.871 bits per heavy atom. The summed E-state index contributed by atoms with van der Waals surface area (Å²) in [4.78, 5) is 15.4. The van der Waals surface area contributed by atoms with Gasteiger partial charge in [0.05, 0.1) is 13.7 Å². The normalized spacial score (nSPS) is 10.8. The molecule has 0 bridgehead atoms. The lowest BCUT2D eigenvalue weighted by molar-refractivity contribution is 0.0728. The zero-order valence-electron chi connectivity index (χ0n) is 18.6. The Kier molecular flexibility index (Phi) is 8.25. The number of carbonyl (C=O) groups is 1.